The minimum absolute atomic E-state index is 0.543. The highest BCUT2D eigenvalue weighted by atomic mass is 16.5. The van der Waals surface area contributed by atoms with Crippen molar-refractivity contribution in [3.63, 3.8) is 0 Å². The van der Waals surface area contributed by atoms with Gasteiger partial charge in [-0.3, -0.25) is 0 Å². The van der Waals surface area contributed by atoms with Crippen molar-refractivity contribution in [2.45, 2.75) is 57.2 Å². The summed E-state index contributed by atoms with van der Waals surface area (Å²) in [5.41, 5.74) is 0. The fourth-order valence-electron chi connectivity index (χ4n) is 2.95. The third-order valence-corrected chi connectivity index (χ3v) is 4.17. The Labute approximate surface area is 99.5 Å². The van der Waals surface area contributed by atoms with E-state index >= 15 is 0 Å². The molecule has 0 radical (unpaired) electrons. The molecule has 0 aromatic rings. The summed E-state index contributed by atoms with van der Waals surface area (Å²) in [5, 5.41) is 3.48. The van der Waals surface area contributed by atoms with E-state index in [-0.39, 0.29) is 0 Å². The summed E-state index contributed by atoms with van der Waals surface area (Å²) in [4.78, 5) is 2.61. The fraction of sp³-hybridized carbons (Fsp3) is 1.00. The molecule has 1 aliphatic carbocycles. The molecule has 1 saturated carbocycles. The van der Waals surface area contributed by atoms with Crippen LogP contribution in [-0.2, 0) is 4.74 Å². The number of ether oxygens (including phenoxy) is 1. The van der Waals surface area contributed by atoms with Gasteiger partial charge in [-0.15, -0.1) is 0 Å². The Kier molecular flexibility index (Phi) is 4.62. The summed E-state index contributed by atoms with van der Waals surface area (Å²) in [6.07, 6.45) is 7.03. The molecule has 1 N–H and O–H groups in total. The number of rotatable bonds is 4. The Bertz CT molecular complexity index is 196. The highest BCUT2D eigenvalue weighted by Gasteiger charge is 2.35. The smallest absolute Gasteiger partial charge is 0.0604 e. The number of hydrogen-bond donors (Lipinski definition) is 1. The maximum absolute atomic E-state index is 5.63. The predicted octanol–water partition coefficient (Wildman–Crippen LogP) is 1.63. The van der Waals surface area contributed by atoms with Gasteiger partial charge in [-0.05, 0) is 59.2 Å². The Hall–Kier alpha value is -0.120. The van der Waals surface area contributed by atoms with E-state index in [4.69, 9.17) is 4.74 Å². The topological polar surface area (TPSA) is 24.5 Å². The summed E-state index contributed by atoms with van der Waals surface area (Å²) in [6.45, 7) is 5.36. The number of nitrogens with one attached hydrogen (secondary N) is 1. The lowest BCUT2D eigenvalue weighted by Gasteiger charge is -2.44. The van der Waals surface area contributed by atoms with Crippen molar-refractivity contribution in [3.05, 3.63) is 0 Å². The Morgan fingerprint density at radius 2 is 2.00 bits per heavy atom. The molecule has 2 aliphatic rings. The van der Waals surface area contributed by atoms with E-state index in [9.17, 15) is 0 Å². The van der Waals surface area contributed by atoms with Crippen molar-refractivity contribution in [1.29, 1.82) is 0 Å². The van der Waals surface area contributed by atoms with Crippen molar-refractivity contribution in [2.75, 3.05) is 26.7 Å². The van der Waals surface area contributed by atoms with E-state index in [0.717, 1.165) is 18.7 Å². The van der Waals surface area contributed by atoms with Gasteiger partial charge in [0.15, 0.2) is 0 Å². The van der Waals surface area contributed by atoms with Gasteiger partial charge >= 0.3 is 0 Å². The lowest BCUT2D eigenvalue weighted by Crippen LogP contribution is -2.50. The summed E-state index contributed by atoms with van der Waals surface area (Å²) >= 11 is 0. The normalized spacial score (nSPS) is 35.8. The molecule has 1 atom stereocenters. The highest BCUT2D eigenvalue weighted by molar-refractivity contribution is 4.90. The standard InChI is InChI=1S/C13H26N2O/c1-3-16-13-9-12(10-13)15(2)11-5-4-7-14-8-6-11/h11-14H,3-10H2,1-2H3. The number of hydrogen-bond acceptors (Lipinski definition) is 3. The van der Waals surface area contributed by atoms with E-state index in [1.165, 1.54) is 45.2 Å². The van der Waals surface area contributed by atoms with Crippen LogP contribution < -0.4 is 5.32 Å². The maximum Gasteiger partial charge on any atom is 0.0604 e. The van der Waals surface area contributed by atoms with Crippen LogP contribution in [0.25, 0.3) is 0 Å². The third-order valence-electron chi connectivity index (χ3n) is 4.17. The van der Waals surface area contributed by atoms with Crippen molar-refractivity contribution < 1.29 is 4.74 Å². The lowest BCUT2D eigenvalue weighted by molar-refractivity contribution is -0.0508. The molecule has 0 aromatic heterocycles. The van der Waals surface area contributed by atoms with E-state index in [1.807, 2.05) is 0 Å². The van der Waals surface area contributed by atoms with Crippen molar-refractivity contribution >= 4 is 0 Å². The van der Waals surface area contributed by atoms with Gasteiger partial charge in [0.2, 0.25) is 0 Å². The molecule has 2 rings (SSSR count). The van der Waals surface area contributed by atoms with E-state index in [0.29, 0.717) is 6.10 Å². The fourth-order valence-corrected chi connectivity index (χ4v) is 2.95. The summed E-state index contributed by atoms with van der Waals surface area (Å²) in [7, 11) is 2.31. The molecule has 94 valence electrons. The first-order valence-corrected chi connectivity index (χ1v) is 6.85. The first-order chi connectivity index (χ1) is 7.81. The molecule has 1 heterocycles. The zero-order valence-electron chi connectivity index (χ0n) is 10.7. The van der Waals surface area contributed by atoms with Crippen LogP contribution in [0.4, 0.5) is 0 Å². The predicted molar refractivity (Wildman–Crippen MR) is 66.7 cm³/mol. The van der Waals surface area contributed by atoms with Gasteiger partial charge in [0.25, 0.3) is 0 Å². The molecular weight excluding hydrogens is 200 g/mol. The van der Waals surface area contributed by atoms with Gasteiger partial charge in [0.1, 0.15) is 0 Å². The molecule has 2 fully saturated rings. The van der Waals surface area contributed by atoms with Gasteiger partial charge in [0, 0.05) is 18.7 Å². The van der Waals surface area contributed by atoms with Crippen LogP contribution in [0.1, 0.15) is 39.0 Å². The SMILES string of the molecule is CCOC1CC(N(C)C2CCCNCC2)C1. The first-order valence-electron chi connectivity index (χ1n) is 6.85. The third kappa shape index (κ3) is 2.96. The number of nitrogens with zero attached hydrogens (tertiary/aromatic N) is 1. The summed E-state index contributed by atoms with van der Waals surface area (Å²) < 4.78 is 5.63. The van der Waals surface area contributed by atoms with Crippen molar-refractivity contribution in [3.8, 4) is 0 Å². The molecule has 1 saturated heterocycles. The largest absolute Gasteiger partial charge is 0.378 e. The average Bonchev–Trinajstić information content (AvgIpc) is 2.50. The molecule has 3 nitrogen and oxygen atoms in total. The van der Waals surface area contributed by atoms with Gasteiger partial charge in [-0.1, -0.05) is 0 Å². The van der Waals surface area contributed by atoms with Gasteiger partial charge in [-0.25, -0.2) is 0 Å². The van der Waals surface area contributed by atoms with Crippen LogP contribution >= 0.6 is 0 Å². The molecule has 0 amide bonds. The summed E-state index contributed by atoms with van der Waals surface area (Å²) in [6, 6.07) is 1.57. The van der Waals surface area contributed by atoms with Gasteiger partial charge in [0.05, 0.1) is 6.10 Å². The molecule has 1 aliphatic heterocycles. The molecule has 0 bridgehead atoms. The molecule has 1 unspecified atom stereocenters. The Morgan fingerprint density at radius 3 is 2.75 bits per heavy atom. The second-order valence-corrected chi connectivity index (χ2v) is 5.20. The molecule has 3 heteroatoms. The zero-order valence-corrected chi connectivity index (χ0v) is 10.7. The van der Waals surface area contributed by atoms with Crippen LogP contribution in [0.2, 0.25) is 0 Å². The minimum Gasteiger partial charge on any atom is -0.378 e. The lowest BCUT2D eigenvalue weighted by atomic mass is 9.86. The van der Waals surface area contributed by atoms with Crippen LogP contribution in [0.15, 0.2) is 0 Å². The second-order valence-electron chi connectivity index (χ2n) is 5.20. The van der Waals surface area contributed by atoms with Crippen molar-refractivity contribution in [2.24, 2.45) is 0 Å². The second kappa shape index (κ2) is 5.99. The zero-order chi connectivity index (χ0) is 11.4. The molecule has 0 spiro atoms. The molecule has 16 heavy (non-hydrogen) atoms. The van der Waals surface area contributed by atoms with E-state index in [1.54, 1.807) is 0 Å². The highest BCUT2D eigenvalue weighted by Crippen LogP contribution is 2.30. The van der Waals surface area contributed by atoms with Crippen LogP contribution in [-0.4, -0.2) is 49.8 Å². The average molecular weight is 226 g/mol. The summed E-state index contributed by atoms with van der Waals surface area (Å²) in [5.74, 6) is 0. The Morgan fingerprint density at radius 1 is 1.19 bits per heavy atom. The maximum atomic E-state index is 5.63. The monoisotopic (exact) mass is 226 g/mol. The molecule has 0 aromatic carbocycles. The van der Waals surface area contributed by atoms with E-state index < -0.39 is 0 Å². The molecular formula is C13H26N2O. The minimum atomic E-state index is 0.543. The van der Waals surface area contributed by atoms with Gasteiger partial charge < -0.3 is 15.0 Å². The quantitative estimate of drug-likeness (QED) is 0.788. The Balaban J connectivity index is 1.73. The van der Waals surface area contributed by atoms with Crippen LogP contribution in [0, 0.1) is 0 Å². The van der Waals surface area contributed by atoms with Gasteiger partial charge in [-0.2, -0.15) is 0 Å². The first kappa shape index (κ1) is 12.3. The van der Waals surface area contributed by atoms with Crippen LogP contribution in [0.3, 0.4) is 0 Å². The van der Waals surface area contributed by atoms with Crippen LogP contribution in [0.5, 0.6) is 0 Å². The van der Waals surface area contributed by atoms with Crippen molar-refractivity contribution in [1.82, 2.24) is 10.2 Å². The van der Waals surface area contributed by atoms with E-state index in [2.05, 4.69) is 24.2 Å².